The smallest absolute Gasteiger partial charge is 0.0406 e. The van der Waals surface area contributed by atoms with Crippen LogP contribution in [0.25, 0.3) is 0 Å². The maximum atomic E-state index is 6.10. The van der Waals surface area contributed by atoms with Crippen molar-refractivity contribution in [2.24, 2.45) is 0 Å². The van der Waals surface area contributed by atoms with Gasteiger partial charge in [0.05, 0.1) is 0 Å². The topological polar surface area (TPSA) is 0 Å². The fourth-order valence-corrected chi connectivity index (χ4v) is 3.41. The van der Waals surface area contributed by atoms with Gasteiger partial charge in [-0.2, -0.15) is 0 Å². The maximum absolute atomic E-state index is 6.10. The molecule has 3 heteroatoms. The predicted molar refractivity (Wildman–Crippen MR) is 82.3 cm³/mol. The van der Waals surface area contributed by atoms with E-state index in [0.29, 0.717) is 11.8 Å². The van der Waals surface area contributed by atoms with E-state index in [0.717, 1.165) is 17.9 Å². The summed E-state index contributed by atoms with van der Waals surface area (Å²) in [5, 5.41) is 0.775. The van der Waals surface area contributed by atoms with Gasteiger partial charge in [-0.3, -0.25) is 0 Å². The van der Waals surface area contributed by atoms with E-state index in [1.165, 1.54) is 15.3 Å². The Bertz CT molecular complexity index is 487. The largest absolute Gasteiger partial charge is 0.145 e. The minimum Gasteiger partial charge on any atom is -0.145 e. The first-order valence-corrected chi connectivity index (χ1v) is 7.84. The molecule has 1 aromatic heterocycles. The number of hydrogen-bond donors (Lipinski definition) is 0. The van der Waals surface area contributed by atoms with Gasteiger partial charge in [0.15, 0.2) is 0 Å². The Morgan fingerprint density at radius 3 is 2.28 bits per heavy atom. The zero-order valence-electron chi connectivity index (χ0n) is 10.3. The van der Waals surface area contributed by atoms with Crippen molar-refractivity contribution in [3.63, 3.8) is 0 Å². The molecule has 0 radical (unpaired) electrons. The van der Waals surface area contributed by atoms with E-state index in [2.05, 4.69) is 31.2 Å². The molecular weight excluding hydrogens is 283 g/mol. The van der Waals surface area contributed by atoms with Crippen LogP contribution in [0.1, 0.15) is 28.2 Å². The van der Waals surface area contributed by atoms with E-state index in [4.69, 9.17) is 23.2 Å². The van der Waals surface area contributed by atoms with Gasteiger partial charge in [-0.1, -0.05) is 30.7 Å². The molecule has 1 unspecified atom stereocenters. The van der Waals surface area contributed by atoms with Crippen molar-refractivity contribution in [2.45, 2.75) is 25.7 Å². The molecular formula is C15H16Cl2S. The van der Waals surface area contributed by atoms with E-state index >= 15 is 0 Å². The fourth-order valence-electron chi connectivity index (χ4n) is 1.96. The second-order valence-corrected chi connectivity index (χ2v) is 6.33. The maximum Gasteiger partial charge on any atom is 0.0406 e. The van der Waals surface area contributed by atoms with E-state index < -0.39 is 0 Å². The first-order valence-electron chi connectivity index (χ1n) is 6.12. The van der Waals surface area contributed by atoms with Crippen LogP contribution in [-0.4, -0.2) is 5.88 Å². The summed E-state index contributed by atoms with van der Waals surface area (Å²) in [4.78, 5) is 2.85. The number of hydrogen-bond acceptors (Lipinski definition) is 1. The Hall–Kier alpha value is -0.500. The lowest BCUT2D eigenvalue weighted by Gasteiger charge is -2.13. The van der Waals surface area contributed by atoms with Crippen molar-refractivity contribution < 1.29 is 0 Å². The third-order valence-corrected chi connectivity index (χ3v) is 4.92. The van der Waals surface area contributed by atoms with Crippen molar-refractivity contribution in [2.75, 3.05) is 5.88 Å². The fraction of sp³-hybridized carbons (Fsp3) is 0.333. The van der Waals surface area contributed by atoms with Crippen molar-refractivity contribution >= 4 is 34.5 Å². The van der Waals surface area contributed by atoms with Crippen LogP contribution in [0.3, 0.4) is 0 Å². The molecule has 0 aliphatic carbocycles. The zero-order valence-corrected chi connectivity index (χ0v) is 12.7. The lowest BCUT2D eigenvalue weighted by Crippen LogP contribution is -2.03. The summed E-state index contributed by atoms with van der Waals surface area (Å²) in [5.41, 5.74) is 1.26. The Kier molecular flexibility index (Phi) is 5.11. The highest BCUT2D eigenvalue weighted by atomic mass is 35.5. The molecule has 96 valence electrons. The van der Waals surface area contributed by atoms with Gasteiger partial charge in [-0.15, -0.1) is 22.9 Å². The second-order valence-electron chi connectivity index (χ2n) is 4.33. The number of benzene rings is 1. The molecule has 1 atom stereocenters. The molecule has 2 aromatic rings. The molecule has 0 N–H and O–H groups in total. The van der Waals surface area contributed by atoms with Gasteiger partial charge >= 0.3 is 0 Å². The van der Waals surface area contributed by atoms with Crippen LogP contribution >= 0.6 is 34.5 Å². The van der Waals surface area contributed by atoms with Crippen LogP contribution in [0.2, 0.25) is 5.02 Å². The second kappa shape index (κ2) is 6.60. The summed E-state index contributed by atoms with van der Waals surface area (Å²) >= 11 is 13.9. The minimum atomic E-state index is 0.368. The van der Waals surface area contributed by atoms with Crippen LogP contribution in [0.15, 0.2) is 36.4 Å². The number of rotatable bonds is 5. The van der Waals surface area contributed by atoms with E-state index in [-0.39, 0.29) is 0 Å². The zero-order chi connectivity index (χ0) is 13.0. The van der Waals surface area contributed by atoms with Crippen molar-refractivity contribution in [3.05, 3.63) is 56.7 Å². The van der Waals surface area contributed by atoms with Crippen LogP contribution in [0, 0.1) is 0 Å². The number of aryl methyl sites for hydroxylation is 1. The van der Waals surface area contributed by atoms with Crippen molar-refractivity contribution in [1.29, 1.82) is 0 Å². The first kappa shape index (κ1) is 13.9. The molecule has 1 heterocycles. The van der Waals surface area contributed by atoms with Crippen LogP contribution in [0.4, 0.5) is 0 Å². The Morgan fingerprint density at radius 1 is 1.06 bits per heavy atom. The normalized spacial score (nSPS) is 12.6. The Labute approximate surface area is 123 Å². The third kappa shape index (κ3) is 3.50. The number of halogens is 2. The molecule has 0 saturated carbocycles. The summed E-state index contributed by atoms with van der Waals surface area (Å²) in [7, 11) is 0. The van der Waals surface area contributed by atoms with E-state index in [9.17, 15) is 0 Å². The van der Waals surface area contributed by atoms with Crippen molar-refractivity contribution in [3.8, 4) is 0 Å². The van der Waals surface area contributed by atoms with Gasteiger partial charge < -0.3 is 0 Å². The highest BCUT2D eigenvalue weighted by molar-refractivity contribution is 7.12. The Morgan fingerprint density at radius 2 is 1.72 bits per heavy atom. The van der Waals surface area contributed by atoms with Crippen LogP contribution < -0.4 is 0 Å². The van der Waals surface area contributed by atoms with E-state index in [1.807, 2.05) is 23.5 Å². The quantitative estimate of drug-likeness (QED) is 0.637. The molecule has 0 saturated heterocycles. The van der Waals surface area contributed by atoms with E-state index in [1.54, 1.807) is 0 Å². The van der Waals surface area contributed by atoms with Gasteiger partial charge in [0, 0.05) is 26.6 Å². The van der Waals surface area contributed by atoms with Crippen LogP contribution in [-0.2, 0) is 12.8 Å². The molecule has 0 spiro atoms. The van der Waals surface area contributed by atoms with Gasteiger partial charge in [0.25, 0.3) is 0 Å². The third-order valence-electron chi connectivity index (χ3n) is 3.04. The highest BCUT2D eigenvalue weighted by Crippen LogP contribution is 2.27. The van der Waals surface area contributed by atoms with Crippen LogP contribution in [0.5, 0.6) is 0 Å². The average Bonchev–Trinajstić information content (AvgIpc) is 2.85. The summed E-state index contributed by atoms with van der Waals surface area (Å²) in [6.07, 6.45) is 2.12. The first-order chi connectivity index (χ1) is 8.72. The lowest BCUT2D eigenvalue weighted by atomic mass is 9.97. The van der Waals surface area contributed by atoms with Gasteiger partial charge in [0.1, 0.15) is 0 Å². The summed E-state index contributed by atoms with van der Waals surface area (Å²) in [5.74, 6) is 1.01. The Balaban J connectivity index is 2.11. The molecule has 0 nitrogen and oxygen atoms in total. The predicted octanol–water partition coefficient (Wildman–Crippen LogP) is 5.53. The van der Waals surface area contributed by atoms with Gasteiger partial charge in [-0.25, -0.2) is 0 Å². The minimum absolute atomic E-state index is 0.368. The average molecular weight is 299 g/mol. The monoisotopic (exact) mass is 298 g/mol. The summed E-state index contributed by atoms with van der Waals surface area (Å²) in [6.45, 7) is 2.19. The molecule has 0 amide bonds. The number of alkyl halides is 1. The number of thiophene rings is 1. The molecule has 0 bridgehead atoms. The molecule has 1 aromatic carbocycles. The van der Waals surface area contributed by atoms with Gasteiger partial charge in [-0.05, 0) is 42.7 Å². The molecule has 0 aliphatic rings. The SMILES string of the molecule is CCc1ccc(CC(CCl)c2ccc(Cl)cc2)s1. The van der Waals surface area contributed by atoms with Crippen molar-refractivity contribution in [1.82, 2.24) is 0 Å². The molecule has 18 heavy (non-hydrogen) atoms. The molecule has 0 aliphatic heterocycles. The lowest BCUT2D eigenvalue weighted by molar-refractivity contribution is 0.776. The highest BCUT2D eigenvalue weighted by Gasteiger charge is 2.12. The van der Waals surface area contributed by atoms with Gasteiger partial charge in [0.2, 0.25) is 0 Å². The molecule has 0 fully saturated rings. The summed E-state index contributed by atoms with van der Waals surface area (Å²) in [6, 6.07) is 12.4. The summed E-state index contributed by atoms with van der Waals surface area (Å²) < 4.78 is 0. The standard InChI is InChI=1S/C15H16Cl2S/c1-2-14-7-8-15(18-14)9-12(10-16)11-3-5-13(17)6-4-11/h3-8,12H,2,9-10H2,1H3. The molecule has 2 rings (SSSR count).